The zero-order chi connectivity index (χ0) is 13.0. The Hall–Kier alpha value is -0.850. The summed E-state index contributed by atoms with van der Waals surface area (Å²) >= 11 is 0. The summed E-state index contributed by atoms with van der Waals surface area (Å²) in [6, 6.07) is 0. The van der Waals surface area contributed by atoms with E-state index in [9.17, 15) is 9.59 Å². The number of piperazine rings is 1. The molecule has 0 aromatic carbocycles. The number of carbonyl (C=O) groups excluding carboxylic acids is 2. The highest BCUT2D eigenvalue weighted by Crippen LogP contribution is 2.16. The van der Waals surface area contributed by atoms with E-state index in [1.54, 1.807) is 4.90 Å². The van der Waals surface area contributed by atoms with E-state index < -0.39 is 0 Å². The van der Waals surface area contributed by atoms with Gasteiger partial charge in [0.1, 0.15) is 6.10 Å². The first kappa shape index (κ1) is 16.2. The highest BCUT2D eigenvalue weighted by Gasteiger charge is 2.30. The van der Waals surface area contributed by atoms with Gasteiger partial charge in [0.2, 0.25) is 5.91 Å². The molecule has 0 saturated carbocycles. The van der Waals surface area contributed by atoms with Crippen LogP contribution in [0.25, 0.3) is 0 Å². The molecule has 6 nitrogen and oxygen atoms in total. The summed E-state index contributed by atoms with van der Waals surface area (Å²) in [5.41, 5.74) is 5.37. The number of hydrogen-bond donors (Lipinski definition) is 1. The highest BCUT2D eigenvalue weighted by molar-refractivity contribution is 5.85. The SMILES string of the molecule is Cl.NCCC(=O)N1CCN(C(=O)C2CCCO2)CC1. The molecule has 7 heteroatoms. The fourth-order valence-corrected chi connectivity index (χ4v) is 2.43. The van der Waals surface area contributed by atoms with Crippen LogP contribution in [0.4, 0.5) is 0 Å². The summed E-state index contributed by atoms with van der Waals surface area (Å²) < 4.78 is 5.39. The third-order valence-corrected chi connectivity index (χ3v) is 3.51. The Balaban J connectivity index is 0.00000180. The Bertz CT molecular complexity index is 313. The molecule has 2 rings (SSSR count). The van der Waals surface area contributed by atoms with E-state index >= 15 is 0 Å². The zero-order valence-electron chi connectivity index (χ0n) is 11.0. The van der Waals surface area contributed by atoms with Crippen molar-refractivity contribution < 1.29 is 14.3 Å². The van der Waals surface area contributed by atoms with Crippen LogP contribution in [0.2, 0.25) is 0 Å². The Kier molecular flexibility index (Phi) is 6.54. The lowest BCUT2D eigenvalue weighted by Gasteiger charge is -2.35. The van der Waals surface area contributed by atoms with Crippen LogP contribution in [0, 0.1) is 0 Å². The number of nitrogens with two attached hydrogens (primary N) is 1. The van der Waals surface area contributed by atoms with E-state index in [0.717, 1.165) is 12.8 Å². The van der Waals surface area contributed by atoms with Gasteiger partial charge < -0.3 is 20.3 Å². The van der Waals surface area contributed by atoms with Crippen molar-refractivity contribution in [3.63, 3.8) is 0 Å². The van der Waals surface area contributed by atoms with Crippen LogP contribution in [-0.4, -0.2) is 67.0 Å². The Labute approximate surface area is 119 Å². The molecule has 2 amide bonds. The van der Waals surface area contributed by atoms with Crippen molar-refractivity contribution in [1.29, 1.82) is 0 Å². The number of ether oxygens (including phenoxy) is 1. The van der Waals surface area contributed by atoms with Crippen LogP contribution in [0.15, 0.2) is 0 Å². The lowest BCUT2D eigenvalue weighted by Crippen LogP contribution is -2.53. The first-order chi connectivity index (χ1) is 8.72. The van der Waals surface area contributed by atoms with Crippen LogP contribution in [0.1, 0.15) is 19.3 Å². The van der Waals surface area contributed by atoms with Gasteiger partial charge in [0.15, 0.2) is 0 Å². The van der Waals surface area contributed by atoms with Gasteiger partial charge in [0, 0.05) is 45.8 Å². The van der Waals surface area contributed by atoms with Gasteiger partial charge in [0.25, 0.3) is 5.91 Å². The van der Waals surface area contributed by atoms with Crippen LogP contribution in [-0.2, 0) is 14.3 Å². The summed E-state index contributed by atoms with van der Waals surface area (Å²) in [4.78, 5) is 27.3. The minimum absolute atomic E-state index is 0. The maximum Gasteiger partial charge on any atom is 0.251 e. The van der Waals surface area contributed by atoms with Crippen LogP contribution in [0.5, 0.6) is 0 Å². The minimum atomic E-state index is -0.253. The lowest BCUT2D eigenvalue weighted by molar-refractivity contribution is -0.145. The average Bonchev–Trinajstić information content (AvgIpc) is 2.92. The summed E-state index contributed by atoms with van der Waals surface area (Å²) in [5, 5.41) is 0. The second-order valence-corrected chi connectivity index (χ2v) is 4.75. The molecule has 19 heavy (non-hydrogen) atoms. The molecule has 0 aliphatic carbocycles. The summed E-state index contributed by atoms with van der Waals surface area (Å²) in [7, 11) is 0. The quantitative estimate of drug-likeness (QED) is 0.768. The summed E-state index contributed by atoms with van der Waals surface area (Å²) in [6.45, 7) is 3.50. The van der Waals surface area contributed by atoms with Crippen molar-refractivity contribution in [3.05, 3.63) is 0 Å². The third kappa shape index (κ3) is 4.06. The fourth-order valence-electron chi connectivity index (χ4n) is 2.43. The maximum atomic E-state index is 12.1. The second kappa shape index (κ2) is 7.67. The maximum absolute atomic E-state index is 12.1. The zero-order valence-corrected chi connectivity index (χ0v) is 11.9. The molecule has 2 fully saturated rings. The largest absolute Gasteiger partial charge is 0.368 e. The van der Waals surface area contributed by atoms with Crippen LogP contribution in [0.3, 0.4) is 0 Å². The van der Waals surface area contributed by atoms with Crippen LogP contribution < -0.4 is 5.73 Å². The molecule has 2 saturated heterocycles. The van der Waals surface area contributed by atoms with Crippen molar-refractivity contribution in [2.45, 2.75) is 25.4 Å². The van der Waals surface area contributed by atoms with E-state index in [-0.39, 0.29) is 30.3 Å². The van der Waals surface area contributed by atoms with E-state index in [4.69, 9.17) is 10.5 Å². The van der Waals surface area contributed by atoms with Crippen molar-refractivity contribution in [1.82, 2.24) is 9.80 Å². The smallest absolute Gasteiger partial charge is 0.251 e. The molecule has 2 aliphatic heterocycles. The van der Waals surface area contributed by atoms with Crippen LogP contribution >= 0.6 is 12.4 Å². The molecule has 2 aliphatic rings. The molecule has 110 valence electrons. The normalized spacial score (nSPS) is 23.1. The molecule has 0 spiro atoms. The minimum Gasteiger partial charge on any atom is -0.368 e. The van der Waals surface area contributed by atoms with Crippen molar-refractivity contribution >= 4 is 24.2 Å². The predicted molar refractivity (Wildman–Crippen MR) is 73.1 cm³/mol. The predicted octanol–water partition coefficient (Wildman–Crippen LogP) is -0.393. The van der Waals surface area contributed by atoms with Gasteiger partial charge in [-0.2, -0.15) is 0 Å². The van der Waals surface area contributed by atoms with E-state index in [2.05, 4.69) is 0 Å². The molecule has 0 aromatic rings. The Morgan fingerprint density at radius 2 is 1.79 bits per heavy atom. The molecule has 0 radical (unpaired) electrons. The van der Waals surface area contributed by atoms with Crippen molar-refractivity contribution in [3.8, 4) is 0 Å². The summed E-state index contributed by atoms with van der Waals surface area (Å²) in [6.07, 6.45) is 1.92. The third-order valence-electron chi connectivity index (χ3n) is 3.51. The number of halogens is 1. The highest BCUT2D eigenvalue weighted by atomic mass is 35.5. The fraction of sp³-hybridized carbons (Fsp3) is 0.833. The van der Waals surface area contributed by atoms with E-state index in [1.165, 1.54) is 0 Å². The molecule has 1 unspecified atom stereocenters. The standard InChI is InChI=1S/C12H21N3O3.ClH/c13-4-3-11(16)14-5-7-15(8-6-14)12(17)10-2-1-9-18-10;/h10H,1-9,13H2;1H. The molecule has 2 heterocycles. The number of carbonyl (C=O) groups is 2. The lowest BCUT2D eigenvalue weighted by atomic mass is 10.2. The molecular formula is C12H22ClN3O3. The molecule has 1 atom stereocenters. The van der Waals surface area contributed by atoms with Gasteiger partial charge in [-0.1, -0.05) is 0 Å². The monoisotopic (exact) mass is 291 g/mol. The summed E-state index contributed by atoms with van der Waals surface area (Å²) in [5.74, 6) is 0.167. The van der Waals surface area contributed by atoms with E-state index in [0.29, 0.717) is 45.8 Å². The van der Waals surface area contributed by atoms with Gasteiger partial charge in [-0.25, -0.2) is 0 Å². The second-order valence-electron chi connectivity index (χ2n) is 4.75. The average molecular weight is 292 g/mol. The molecule has 0 aromatic heterocycles. The topological polar surface area (TPSA) is 75.9 Å². The first-order valence-corrected chi connectivity index (χ1v) is 6.60. The van der Waals surface area contributed by atoms with Gasteiger partial charge in [-0.15, -0.1) is 12.4 Å². The van der Waals surface area contributed by atoms with Gasteiger partial charge in [0.05, 0.1) is 0 Å². The number of hydrogen-bond acceptors (Lipinski definition) is 4. The molecular weight excluding hydrogens is 270 g/mol. The molecule has 0 bridgehead atoms. The van der Waals surface area contributed by atoms with Gasteiger partial charge in [-0.3, -0.25) is 9.59 Å². The number of amides is 2. The van der Waals surface area contributed by atoms with Gasteiger partial charge in [-0.05, 0) is 12.8 Å². The Morgan fingerprint density at radius 1 is 1.16 bits per heavy atom. The first-order valence-electron chi connectivity index (χ1n) is 6.60. The van der Waals surface area contributed by atoms with E-state index in [1.807, 2.05) is 4.90 Å². The molecule has 2 N–H and O–H groups in total. The van der Waals surface area contributed by atoms with Gasteiger partial charge >= 0.3 is 0 Å². The number of nitrogens with zero attached hydrogens (tertiary/aromatic N) is 2. The number of rotatable bonds is 3. The van der Waals surface area contributed by atoms with Crippen molar-refractivity contribution in [2.75, 3.05) is 39.3 Å². The van der Waals surface area contributed by atoms with Crippen molar-refractivity contribution in [2.24, 2.45) is 5.73 Å². The Morgan fingerprint density at radius 3 is 2.32 bits per heavy atom.